The molecule has 2 fully saturated rings. The predicted molar refractivity (Wildman–Crippen MR) is 277 cm³/mol. The first-order valence-corrected chi connectivity index (χ1v) is 26.2. The van der Waals surface area contributed by atoms with Gasteiger partial charge in [-0.3, -0.25) is 28.8 Å². The minimum atomic E-state index is -0.623. The first-order valence-electron chi connectivity index (χ1n) is 24.6. The van der Waals surface area contributed by atoms with Gasteiger partial charge in [-0.2, -0.15) is 0 Å². The normalized spacial score (nSPS) is 18.6. The summed E-state index contributed by atoms with van der Waals surface area (Å²) in [6, 6.07) is 26.7. The Kier molecular flexibility index (Phi) is 16.8. The van der Waals surface area contributed by atoms with Gasteiger partial charge in [0.25, 0.3) is 0 Å². The summed E-state index contributed by atoms with van der Waals surface area (Å²) in [6.07, 6.45) is 5.54. The molecule has 0 unspecified atom stereocenters. The van der Waals surface area contributed by atoms with Crippen LogP contribution in [0.4, 0.5) is 0 Å². The number of thioether (sulfide) groups is 2. The molecule has 0 aromatic heterocycles. The molecule has 1 heterocycles. The quantitative estimate of drug-likeness (QED) is 0.0199. The van der Waals surface area contributed by atoms with Crippen LogP contribution >= 0.6 is 23.5 Å². The van der Waals surface area contributed by atoms with Crippen LogP contribution in [0.15, 0.2) is 142 Å². The second-order valence-electron chi connectivity index (χ2n) is 18.2. The van der Waals surface area contributed by atoms with Crippen molar-refractivity contribution in [3.63, 3.8) is 0 Å². The van der Waals surface area contributed by atoms with Crippen molar-refractivity contribution in [2.45, 2.75) is 67.6 Å². The van der Waals surface area contributed by atoms with E-state index >= 15 is 0 Å². The average Bonchev–Trinajstić information content (AvgIpc) is 4.00. The molecular weight excluding hydrogens is 1020 g/mol. The maximum absolute atomic E-state index is 14.2. The fourth-order valence-electron chi connectivity index (χ4n) is 9.45. The van der Waals surface area contributed by atoms with E-state index in [-0.39, 0.29) is 55.5 Å². The van der Waals surface area contributed by atoms with Gasteiger partial charge in [0.1, 0.15) is 23.0 Å². The van der Waals surface area contributed by atoms with Crippen molar-refractivity contribution in [1.29, 1.82) is 0 Å². The zero-order valence-electron chi connectivity index (χ0n) is 40.9. The standard InChI is InChI=1S/C58H50O16S2/c1-3-46(59)70-31-68-37-21-25-39(26-22-37)72-55(64)34-15-13-33(14-16-34)54(63)67-30-29-45-41-9-5-8-12-44(41)51(53-52(45)75-58(76-53)48-49(61)42-10-6-7-11-43(42)50(48)62)74-57(66)36-19-17-35(18-20-36)56(65)73-40-27-23-38(24-28-40)69-32-71-47(60)4-2/h3-12,21-28,33-36H,1-2,13-20,29-32H2. The third-order valence-corrected chi connectivity index (χ3v) is 16.2. The molecule has 5 aromatic carbocycles. The highest BCUT2D eigenvalue weighted by Gasteiger charge is 2.41. The van der Waals surface area contributed by atoms with Gasteiger partial charge in [-0.25, -0.2) is 9.59 Å². The van der Waals surface area contributed by atoms with Crippen LogP contribution in [0.1, 0.15) is 77.6 Å². The number of hydrogen-bond acceptors (Lipinski definition) is 18. The van der Waals surface area contributed by atoms with E-state index in [0.717, 1.165) is 23.1 Å². The van der Waals surface area contributed by atoms with Gasteiger partial charge >= 0.3 is 35.8 Å². The van der Waals surface area contributed by atoms with Crippen LogP contribution in [-0.2, 0) is 49.4 Å². The average molecular weight is 1070 g/mol. The van der Waals surface area contributed by atoms with Gasteiger partial charge in [0.2, 0.25) is 13.6 Å². The maximum atomic E-state index is 14.2. The van der Waals surface area contributed by atoms with E-state index in [0.29, 0.717) is 105 Å². The Bertz CT molecular complexity index is 3130. The third-order valence-electron chi connectivity index (χ3n) is 13.5. The molecule has 9 rings (SSSR count). The molecule has 0 bridgehead atoms. The van der Waals surface area contributed by atoms with Gasteiger partial charge in [0.05, 0.1) is 45.0 Å². The number of carbonyl (C=O) groups is 8. The zero-order valence-corrected chi connectivity index (χ0v) is 42.6. The molecule has 0 amide bonds. The highest BCUT2D eigenvalue weighted by atomic mass is 32.2. The van der Waals surface area contributed by atoms with E-state index in [1.807, 2.05) is 24.3 Å². The minimum Gasteiger partial charge on any atom is -0.465 e. The number of carbonyl (C=O) groups excluding carboxylic acids is 8. The summed E-state index contributed by atoms with van der Waals surface area (Å²) >= 11 is 2.46. The highest BCUT2D eigenvalue weighted by molar-refractivity contribution is 8.25. The SMILES string of the molecule is C=CC(=O)OCOc1ccc(OC(=O)C2CCC(C(=O)OCCc3c4c(c(OC(=O)C5CCC(C(=O)Oc6ccc(OCOC(=O)C=C)cc6)CC5)c5ccccc35)SC(=C3C(=O)c5ccccc5C3=O)S4)CC2)cc1. The smallest absolute Gasteiger partial charge is 0.333 e. The molecular formula is C58H50O16S2. The van der Waals surface area contributed by atoms with Gasteiger partial charge in [0, 0.05) is 40.0 Å². The van der Waals surface area contributed by atoms with E-state index < -0.39 is 53.5 Å². The van der Waals surface area contributed by atoms with Crippen LogP contribution < -0.4 is 23.7 Å². The lowest BCUT2D eigenvalue weighted by Gasteiger charge is -2.26. The lowest BCUT2D eigenvalue weighted by molar-refractivity contribution is -0.152. The van der Waals surface area contributed by atoms with Gasteiger partial charge < -0.3 is 37.9 Å². The van der Waals surface area contributed by atoms with Crippen LogP contribution in [0.2, 0.25) is 0 Å². The zero-order chi connectivity index (χ0) is 53.3. The summed E-state index contributed by atoms with van der Waals surface area (Å²) in [7, 11) is 0. The maximum Gasteiger partial charge on any atom is 0.333 e. The number of Topliss-reactive ketones (excluding diaryl/α,β-unsaturated/α-hetero) is 2. The van der Waals surface area contributed by atoms with E-state index in [4.69, 9.17) is 37.9 Å². The molecule has 18 heteroatoms. The minimum absolute atomic E-state index is 0.00757. The molecule has 2 saturated carbocycles. The Hall–Kier alpha value is -7.96. The fourth-order valence-corrected chi connectivity index (χ4v) is 12.3. The number of ether oxygens (including phenoxy) is 8. The molecule has 76 heavy (non-hydrogen) atoms. The molecule has 4 aliphatic rings. The molecule has 5 aromatic rings. The van der Waals surface area contributed by atoms with Gasteiger partial charge in [-0.05, 0) is 111 Å². The molecule has 0 saturated heterocycles. The molecule has 0 radical (unpaired) electrons. The van der Waals surface area contributed by atoms with Gasteiger partial charge in [-0.1, -0.05) is 85.2 Å². The van der Waals surface area contributed by atoms with E-state index in [1.54, 1.807) is 72.8 Å². The second-order valence-corrected chi connectivity index (χ2v) is 20.5. The second kappa shape index (κ2) is 24.1. The summed E-state index contributed by atoms with van der Waals surface area (Å²) in [6.45, 7) is 6.06. The molecule has 16 nitrogen and oxygen atoms in total. The first-order chi connectivity index (χ1) is 36.9. The fraction of sp³-hybridized carbons (Fsp3) is 0.276. The highest BCUT2D eigenvalue weighted by Crippen LogP contribution is 2.60. The Morgan fingerprint density at radius 1 is 0.487 bits per heavy atom. The summed E-state index contributed by atoms with van der Waals surface area (Å²) in [4.78, 5) is 106. The summed E-state index contributed by atoms with van der Waals surface area (Å²) in [5.74, 6) is -3.81. The van der Waals surface area contributed by atoms with Crippen LogP contribution in [0.5, 0.6) is 28.7 Å². The van der Waals surface area contributed by atoms with Crippen LogP contribution in [-0.4, -0.2) is 67.6 Å². The monoisotopic (exact) mass is 1070 g/mol. The summed E-state index contributed by atoms with van der Waals surface area (Å²) in [5, 5.41) is 1.36. The Morgan fingerprint density at radius 2 is 0.895 bits per heavy atom. The summed E-state index contributed by atoms with van der Waals surface area (Å²) < 4.78 is 44.4. The van der Waals surface area contributed by atoms with E-state index in [9.17, 15) is 38.4 Å². The topological polar surface area (TPSA) is 210 Å². The lowest BCUT2D eigenvalue weighted by Crippen LogP contribution is -2.30. The number of allylic oxidation sites excluding steroid dienone is 1. The molecule has 390 valence electrons. The summed E-state index contributed by atoms with van der Waals surface area (Å²) in [5.41, 5.74) is 1.47. The number of ketones is 2. The molecule has 1 aliphatic heterocycles. The first kappa shape index (κ1) is 52.9. The Labute approximate surface area is 445 Å². The Balaban J connectivity index is 0.846. The van der Waals surface area contributed by atoms with Crippen molar-refractivity contribution < 1.29 is 76.3 Å². The van der Waals surface area contributed by atoms with Crippen molar-refractivity contribution in [3.8, 4) is 28.7 Å². The number of fused-ring (bicyclic) bond motifs is 3. The number of hydrogen-bond donors (Lipinski definition) is 0. The number of benzene rings is 5. The van der Waals surface area contributed by atoms with E-state index in [2.05, 4.69) is 13.2 Å². The number of rotatable bonds is 18. The van der Waals surface area contributed by atoms with Crippen LogP contribution in [0.25, 0.3) is 10.8 Å². The molecule has 0 atom stereocenters. The lowest BCUT2D eigenvalue weighted by atomic mass is 9.82. The molecule has 0 spiro atoms. The van der Waals surface area contributed by atoms with Crippen molar-refractivity contribution >= 4 is 81.7 Å². The third kappa shape index (κ3) is 12.1. The van der Waals surface area contributed by atoms with Crippen molar-refractivity contribution in [1.82, 2.24) is 0 Å². The number of esters is 6. The largest absolute Gasteiger partial charge is 0.465 e. The Morgan fingerprint density at radius 3 is 1.37 bits per heavy atom. The van der Waals surface area contributed by atoms with Gasteiger partial charge in [0.15, 0.2) is 17.3 Å². The molecule has 0 N–H and O–H groups in total. The van der Waals surface area contributed by atoms with Crippen molar-refractivity contribution in [2.75, 3.05) is 20.2 Å². The van der Waals surface area contributed by atoms with Crippen molar-refractivity contribution in [3.05, 3.63) is 149 Å². The molecule has 3 aliphatic carbocycles. The van der Waals surface area contributed by atoms with Crippen LogP contribution in [0, 0.1) is 23.7 Å². The van der Waals surface area contributed by atoms with Crippen molar-refractivity contribution in [2.24, 2.45) is 23.7 Å². The van der Waals surface area contributed by atoms with Crippen LogP contribution in [0.3, 0.4) is 0 Å². The van der Waals surface area contributed by atoms with E-state index in [1.165, 1.54) is 23.5 Å². The predicted octanol–water partition coefficient (Wildman–Crippen LogP) is 10.3. The van der Waals surface area contributed by atoms with Gasteiger partial charge in [-0.15, -0.1) is 0 Å².